The van der Waals surface area contributed by atoms with Crippen molar-refractivity contribution >= 4 is 15.9 Å². The summed E-state index contributed by atoms with van der Waals surface area (Å²) in [5, 5.41) is 3.28. The molecule has 6 heteroatoms. The molecule has 1 aromatic carbocycles. The van der Waals surface area contributed by atoms with Gasteiger partial charge in [-0.1, -0.05) is 39.0 Å². The summed E-state index contributed by atoms with van der Waals surface area (Å²) in [5.74, 6) is 0. The van der Waals surface area contributed by atoms with Gasteiger partial charge < -0.3 is 5.32 Å². The van der Waals surface area contributed by atoms with Gasteiger partial charge in [0.25, 0.3) is 0 Å². The van der Waals surface area contributed by atoms with Crippen LogP contribution in [0.5, 0.6) is 0 Å². The lowest BCUT2D eigenvalue weighted by molar-refractivity contribution is 0.451. The highest BCUT2D eigenvalue weighted by atomic mass is 32.2. The summed E-state index contributed by atoms with van der Waals surface area (Å²) in [6.45, 7) is 7.45. The Morgan fingerprint density at radius 1 is 1.24 bits per heavy atom. The lowest BCUT2D eigenvalue weighted by atomic mass is 10.1. The molecule has 1 aromatic rings. The van der Waals surface area contributed by atoms with Crippen LogP contribution < -0.4 is 10.0 Å². The highest BCUT2D eigenvalue weighted by molar-refractivity contribution is 7.90. The van der Waals surface area contributed by atoms with Crippen LogP contribution in [0.2, 0.25) is 0 Å². The highest BCUT2D eigenvalue weighted by Gasteiger charge is 2.18. The van der Waals surface area contributed by atoms with Gasteiger partial charge in [0.1, 0.15) is 0 Å². The molecular formula is C15H27N3O2S. The topological polar surface area (TPSA) is 61.4 Å². The molecule has 120 valence electrons. The van der Waals surface area contributed by atoms with E-state index in [1.807, 2.05) is 25.1 Å². The fraction of sp³-hybridized carbons (Fsp3) is 0.600. The van der Waals surface area contributed by atoms with E-state index in [4.69, 9.17) is 0 Å². The first-order valence-electron chi connectivity index (χ1n) is 7.42. The van der Waals surface area contributed by atoms with Crippen LogP contribution in [0.1, 0.15) is 32.8 Å². The molecule has 0 heterocycles. The highest BCUT2D eigenvalue weighted by Crippen LogP contribution is 2.17. The van der Waals surface area contributed by atoms with E-state index in [0.29, 0.717) is 18.3 Å². The maximum Gasteiger partial charge on any atom is 0.301 e. The Kier molecular flexibility index (Phi) is 7.14. The monoisotopic (exact) mass is 313 g/mol. The van der Waals surface area contributed by atoms with Crippen molar-refractivity contribution in [2.75, 3.05) is 24.9 Å². The van der Waals surface area contributed by atoms with Gasteiger partial charge in [-0.2, -0.15) is 12.7 Å². The zero-order valence-electron chi connectivity index (χ0n) is 13.4. The Bertz CT molecular complexity index is 529. The van der Waals surface area contributed by atoms with Crippen LogP contribution in [0.3, 0.4) is 0 Å². The van der Waals surface area contributed by atoms with Crippen LogP contribution in [0, 0.1) is 0 Å². The minimum atomic E-state index is -3.49. The number of hydrogen-bond donors (Lipinski definition) is 2. The summed E-state index contributed by atoms with van der Waals surface area (Å²) in [6, 6.07) is 7.90. The lowest BCUT2D eigenvalue weighted by Gasteiger charge is -2.20. The molecule has 0 atom stereocenters. The Balaban J connectivity index is 2.59. The maximum atomic E-state index is 12.3. The van der Waals surface area contributed by atoms with Gasteiger partial charge in [-0.25, -0.2) is 0 Å². The Labute approximate surface area is 128 Å². The number of hydrogen-bond acceptors (Lipinski definition) is 3. The van der Waals surface area contributed by atoms with Crippen LogP contribution in [-0.4, -0.2) is 38.9 Å². The van der Waals surface area contributed by atoms with Gasteiger partial charge >= 0.3 is 10.2 Å². The summed E-state index contributed by atoms with van der Waals surface area (Å²) in [7, 11) is -1.89. The molecule has 0 aliphatic carbocycles. The second-order valence-corrected chi connectivity index (χ2v) is 7.18. The van der Waals surface area contributed by atoms with E-state index in [1.54, 1.807) is 13.1 Å². The first kappa shape index (κ1) is 17.9. The van der Waals surface area contributed by atoms with Crippen LogP contribution in [0.4, 0.5) is 5.69 Å². The molecule has 0 radical (unpaired) electrons. The third-order valence-electron chi connectivity index (χ3n) is 3.25. The van der Waals surface area contributed by atoms with Gasteiger partial charge in [-0.05, 0) is 31.0 Å². The molecule has 0 amide bonds. The fourth-order valence-corrected chi connectivity index (χ4v) is 2.96. The smallest absolute Gasteiger partial charge is 0.301 e. The molecule has 2 N–H and O–H groups in total. The summed E-state index contributed by atoms with van der Waals surface area (Å²) in [6.07, 6.45) is 1.58. The van der Waals surface area contributed by atoms with E-state index in [-0.39, 0.29) is 0 Å². The normalized spacial score (nSPS) is 12.1. The van der Waals surface area contributed by atoms with Crippen molar-refractivity contribution in [2.45, 2.75) is 39.7 Å². The van der Waals surface area contributed by atoms with E-state index in [0.717, 1.165) is 24.9 Å². The number of anilines is 1. The van der Waals surface area contributed by atoms with Crippen LogP contribution >= 0.6 is 0 Å². The third kappa shape index (κ3) is 6.03. The van der Waals surface area contributed by atoms with Gasteiger partial charge in [-0.15, -0.1) is 0 Å². The van der Waals surface area contributed by atoms with E-state index in [1.165, 1.54) is 4.31 Å². The van der Waals surface area contributed by atoms with Crippen LogP contribution in [0.25, 0.3) is 0 Å². The van der Waals surface area contributed by atoms with E-state index < -0.39 is 10.2 Å². The summed E-state index contributed by atoms with van der Waals surface area (Å²) >= 11 is 0. The molecule has 0 bridgehead atoms. The fourth-order valence-electron chi connectivity index (χ4n) is 1.96. The van der Waals surface area contributed by atoms with E-state index in [9.17, 15) is 8.42 Å². The van der Waals surface area contributed by atoms with Gasteiger partial charge in [-0.3, -0.25) is 4.72 Å². The van der Waals surface area contributed by atoms with Crippen LogP contribution in [-0.2, 0) is 16.6 Å². The molecule has 0 saturated carbocycles. The largest absolute Gasteiger partial charge is 0.314 e. The van der Waals surface area contributed by atoms with Crippen molar-refractivity contribution < 1.29 is 8.42 Å². The zero-order chi connectivity index (χ0) is 15.9. The molecule has 0 aromatic heterocycles. The van der Waals surface area contributed by atoms with Crippen molar-refractivity contribution in [3.8, 4) is 0 Å². The minimum absolute atomic E-state index is 0.418. The molecule has 5 nitrogen and oxygen atoms in total. The Morgan fingerprint density at radius 3 is 2.52 bits per heavy atom. The Morgan fingerprint density at radius 2 is 1.90 bits per heavy atom. The van der Waals surface area contributed by atoms with Gasteiger partial charge in [0.15, 0.2) is 0 Å². The van der Waals surface area contributed by atoms with Gasteiger partial charge in [0, 0.05) is 19.6 Å². The molecule has 0 spiro atoms. The third-order valence-corrected chi connectivity index (χ3v) is 4.73. The molecule has 1 rings (SSSR count). The summed E-state index contributed by atoms with van der Waals surface area (Å²) < 4.78 is 28.6. The maximum absolute atomic E-state index is 12.3. The van der Waals surface area contributed by atoms with Crippen molar-refractivity contribution in [1.29, 1.82) is 0 Å². The SMILES string of the molecule is CCc1ccccc1NS(=O)(=O)N(C)CCCNC(C)C. The summed E-state index contributed by atoms with van der Waals surface area (Å²) in [4.78, 5) is 0. The van der Waals surface area contributed by atoms with Crippen molar-refractivity contribution in [2.24, 2.45) is 0 Å². The number of rotatable bonds is 9. The predicted octanol–water partition coefficient (Wildman–Crippen LogP) is 2.23. The number of para-hydroxylation sites is 1. The van der Waals surface area contributed by atoms with Crippen molar-refractivity contribution in [3.63, 3.8) is 0 Å². The molecule has 0 saturated heterocycles. The molecule has 0 unspecified atom stereocenters. The van der Waals surface area contributed by atoms with E-state index in [2.05, 4.69) is 23.9 Å². The first-order chi connectivity index (χ1) is 9.86. The van der Waals surface area contributed by atoms with Gasteiger partial charge in [0.2, 0.25) is 0 Å². The molecule has 0 fully saturated rings. The molecule has 21 heavy (non-hydrogen) atoms. The number of benzene rings is 1. The number of nitrogens with zero attached hydrogens (tertiary/aromatic N) is 1. The predicted molar refractivity (Wildman–Crippen MR) is 88.7 cm³/mol. The Hall–Kier alpha value is -1.11. The van der Waals surface area contributed by atoms with Crippen LogP contribution in [0.15, 0.2) is 24.3 Å². The molecule has 0 aliphatic heterocycles. The average Bonchev–Trinajstić information content (AvgIpc) is 2.43. The number of nitrogens with one attached hydrogen (secondary N) is 2. The standard InChI is InChI=1S/C15H27N3O2S/c1-5-14-9-6-7-10-15(14)17-21(19,20)18(4)12-8-11-16-13(2)3/h6-7,9-10,13,16-17H,5,8,11-12H2,1-4H3. The lowest BCUT2D eigenvalue weighted by Crippen LogP contribution is -2.35. The van der Waals surface area contributed by atoms with Crippen molar-refractivity contribution in [3.05, 3.63) is 29.8 Å². The first-order valence-corrected chi connectivity index (χ1v) is 8.86. The van der Waals surface area contributed by atoms with Gasteiger partial charge in [0.05, 0.1) is 5.69 Å². The second kappa shape index (κ2) is 8.36. The van der Waals surface area contributed by atoms with E-state index >= 15 is 0 Å². The second-order valence-electron chi connectivity index (χ2n) is 5.40. The molecular weight excluding hydrogens is 286 g/mol. The minimum Gasteiger partial charge on any atom is -0.314 e. The van der Waals surface area contributed by atoms with Crippen molar-refractivity contribution in [1.82, 2.24) is 9.62 Å². The quantitative estimate of drug-likeness (QED) is 0.687. The number of aryl methyl sites for hydroxylation is 1. The summed E-state index contributed by atoms with van der Waals surface area (Å²) in [5.41, 5.74) is 1.66. The molecule has 0 aliphatic rings. The zero-order valence-corrected chi connectivity index (χ0v) is 14.2. The average molecular weight is 313 g/mol.